The largest absolute Gasteiger partial charge is 0.259 e. The van der Waals surface area contributed by atoms with Crippen LogP contribution in [0.3, 0.4) is 0 Å². The summed E-state index contributed by atoms with van der Waals surface area (Å²) < 4.78 is 28.3. The van der Waals surface area contributed by atoms with Crippen LogP contribution in [-0.4, -0.2) is 13.4 Å². The Morgan fingerprint density at radius 3 is 2.40 bits per heavy atom. The Kier molecular flexibility index (Phi) is 4.89. The fourth-order valence-electron chi connectivity index (χ4n) is 2.45. The molecule has 6 heteroatoms. The molecule has 1 unspecified atom stereocenters. The molecule has 25 heavy (non-hydrogen) atoms. The third-order valence-electron chi connectivity index (χ3n) is 3.66. The lowest BCUT2D eigenvalue weighted by Gasteiger charge is -2.19. The summed E-state index contributed by atoms with van der Waals surface area (Å²) in [7, 11) is -3.83. The first-order valence-electron chi connectivity index (χ1n) is 7.58. The first-order chi connectivity index (χ1) is 12.1. The van der Waals surface area contributed by atoms with Gasteiger partial charge in [-0.3, -0.25) is 4.98 Å². The molecule has 0 spiro atoms. The van der Waals surface area contributed by atoms with Crippen LogP contribution in [0.1, 0.15) is 22.9 Å². The van der Waals surface area contributed by atoms with E-state index in [9.17, 15) is 8.42 Å². The normalized spacial score (nSPS) is 12.3. The number of nitriles is 1. The van der Waals surface area contributed by atoms with Crippen LogP contribution in [0.15, 0.2) is 83.9 Å². The van der Waals surface area contributed by atoms with Crippen LogP contribution in [0.4, 0.5) is 0 Å². The van der Waals surface area contributed by atoms with Gasteiger partial charge in [-0.25, -0.2) is 8.42 Å². The third-order valence-corrected chi connectivity index (χ3v) is 5.08. The predicted molar refractivity (Wildman–Crippen MR) is 94.0 cm³/mol. The van der Waals surface area contributed by atoms with Crippen molar-refractivity contribution < 1.29 is 8.42 Å². The maximum absolute atomic E-state index is 12.8. The van der Waals surface area contributed by atoms with E-state index in [1.807, 2.05) is 42.5 Å². The van der Waals surface area contributed by atoms with Gasteiger partial charge in [0.05, 0.1) is 28.3 Å². The van der Waals surface area contributed by atoms with E-state index in [0.29, 0.717) is 5.69 Å². The van der Waals surface area contributed by atoms with Crippen LogP contribution in [0.5, 0.6) is 0 Å². The van der Waals surface area contributed by atoms with E-state index in [2.05, 4.69) is 9.71 Å². The fourth-order valence-corrected chi connectivity index (χ4v) is 3.69. The van der Waals surface area contributed by atoms with E-state index in [0.717, 1.165) is 5.56 Å². The van der Waals surface area contributed by atoms with Crippen molar-refractivity contribution >= 4 is 10.0 Å². The second-order valence-corrected chi connectivity index (χ2v) is 7.07. The Balaban J connectivity index is 2.02. The van der Waals surface area contributed by atoms with Gasteiger partial charge in [-0.05, 0) is 35.9 Å². The van der Waals surface area contributed by atoms with Gasteiger partial charge >= 0.3 is 0 Å². The molecule has 1 N–H and O–H groups in total. The van der Waals surface area contributed by atoms with E-state index in [4.69, 9.17) is 5.26 Å². The van der Waals surface area contributed by atoms with E-state index in [1.54, 1.807) is 30.5 Å². The standard InChI is InChI=1S/C19H15N3O2S/c20-14-15-7-6-10-17(13-15)25(23,24)22-19(16-8-2-1-3-9-16)18-11-4-5-12-21-18/h1-13,19,22H. The molecule has 5 nitrogen and oxygen atoms in total. The number of sulfonamides is 1. The molecule has 0 fully saturated rings. The molecule has 1 aromatic heterocycles. The van der Waals surface area contributed by atoms with Gasteiger partial charge in [0.1, 0.15) is 0 Å². The highest BCUT2D eigenvalue weighted by Crippen LogP contribution is 2.23. The summed E-state index contributed by atoms with van der Waals surface area (Å²) in [6, 6.07) is 21.8. The molecule has 0 saturated carbocycles. The molecule has 0 bridgehead atoms. The number of pyridine rings is 1. The van der Waals surface area contributed by atoms with Crippen molar-refractivity contribution in [2.75, 3.05) is 0 Å². The van der Waals surface area contributed by atoms with Crippen molar-refractivity contribution in [3.8, 4) is 6.07 Å². The number of aromatic nitrogens is 1. The van der Waals surface area contributed by atoms with Gasteiger partial charge in [0.25, 0.3) is 0 Å². The van der Waals surface area contributed by atoms with Crippen LogP contribution in [0.25, 0.3) is 0 Å². The van der Waals surface area contributed by atoms with Crippen LogP contribution in [0, 0.1) is 11.3 Å². The Hall–Kier alpha value is -3.01. The van der Waals surface area contributed by atoms with E-state index >= 15 is 0 Å². The number of rotatable bonds is 5. The van der Waals surface area contributed by atoms with Crippen molar-refractivity contribution in [1.82, 2.24) is 9.71 Å². The summed E-state index contributed by atoms with van der Waals surface area (Å²) in [5, 5.41) is 8.99. The lowest BCUT2D eigenvalue weighted by Crippen LogP contribution is -2.30. The van der Waals surface area contributed by atoms with E-state index in [-0.39, 0.29) is 10.5 Å². The Morgan fingerprint density at radius 1 is 0.960 bits per heavy atom. The summed E-state index contributed by atoms with van der Waals surface area (Å²) >= 11 is 0. The molecule has 0 amide bonds. The lowest BCUT2D eigenvalue weighted by atomic mass is 10.0. The smallest absolute Gasteiger partial charge is 0.241 e. The Labute approximate surface area is 146 Å². The summed E-state index contributed by atoms with van der Waals surface area (Å²) in [5.74, 6) is 0. The molecular weight excluding hydrogens is 334 g/mol. The minimum absolute atomic E-state index is 0.0448. The average molecular weight is 349 g/mol. The number of nitrogens with one attached hydrogen (secondary N) is 1. The quantitative estimate of drug-likeness (QED) is 0.767. The molecule has 3 rings (SSSR count). The molecule has 0 aliphatic carbocycles. The highest BCUT2D eigenvalue weighted by atomic mass is 32.2. The van der Waals surface area contributed by atoms with Gasteiger partial charge in [0, 0.05) is 6.20 Å². The van der Waals surface area contributed by atoms with Crippen molar-refractivity contribution in [3.63, 3.8) is 0 Å². The molecule has 1 atom stereocenters. The minimum atomic E-state index is -3.83. The second kappa shape index (κ2) is 7.26. The third kappa shape index (κ3) is 3.91. The molecule has 1 heterocycles. The number of hydrogen-bond donors (Lipinski definition) is 1. The molecule has 0 saturated heterocycles. The van der Waals surface area contributed by atoms with Gasteiger partial charge in [-0.1, -0.05) is 42.5 Å². The van der Waals surface area contributed by atoms with Crippen LogP contribution in [0.2, 0.25) is 0 Å². The number of hydrogen-bond acceptors (Lipinski definition) is 4. The maximum atomic E-state index is 12.8. The summed E-state index contributed by atoms with van der Waals surface area (Å²) in [6.45, 7) is 0. The predicted octanol–water partition coefficient (Wildman–Crippen LogP) is 3.02. The van der Waals surface area contributed by atoms with Crippen molar-refractivity contribution in [3.05, 3.63) is 95.8 Å². The van der Waals surface area contributed by atoms with Gasteiger partial charge in [0.15, 0.2) is 0 Å². The van der Waals surface area contributed by atoms with Gasteiger partial charge < -0.3 is 0 Å². The SMILES string of the molecule is N#Cc1cccc(S(=O)(=O)NC(c2ccccc2)c2ccccn2)c1. The van der Waals surface area contributed by atoms with Gasteiger partial charge in [-0.15, -0.1) is 0 Å². The number of nitrogens with zero attached hydrogens (tertiary/aromatic N) is 2. The lowest BCUT2D eigenvalue weighted by molar-refractivity contribution is 0.570. The zero-order valence-corrected chi connectivity index (χ0v) is 14.0. The summed E-state index contributed by atoms with van der Waals surface area (Å²) in [6.07, 6.45) is 1.62. The van der Waals surface area contributed by atoms with Crippen molar-refractivity contribution in [1.29, 1.82) is 5.26 Å². The summed E-state index contributed by atoms with van der Waals surface area (Å²) in [4.78, 5) is 4.33. The number of benzene rings is 2. The first kappa shape index (κ1) is 16.8. The van der Waals surface area contributed by atoms with Crippen LogP contribution >= 0.6 is 0 Å². The van der Waals surface area contributed by atoms with Crippen LogP contribution in [-0.2, 0) is 10.0 Å². The summed E-state index contributed by atoms with van der Waals surface area (Å²) in [5.41, 5.74) is 1.66. The topological polar surface area (TPSA) is 82.8 Å². The zero-order chi connectivity index (χ0) is 17.7. The van der Waals surface area contributed by atoms with Gasteiger partial charge in [0.2, 0.25) is 10.0 Å². The molecule has 124 valence electrons. The Morgan fingerprint density at radius 2 is 1.72 bits per heavy atom. The highest BCUT2D eigenvalue weighted by molar-refractivity contribution is 7.89. The minimum Gasteiger partial charge on any atom is -0.259 e. The van der Waals surface area contributed by atoms with Crippen LogP contribution < -0.4 is 4.72 Å². The highest BCUT2D eigenvalue weighted by Gasteiger charge is 2.23. The fraction of sp³-hybridized carbons (Fsp3) is 0.0526. The monoisotopic (exact) mass is 349 g/mol. The zero-order valence-electron chi connectivity index (χ0n) is 13.2. The van der Waals surface area contributed by atoms with E-state index < -0.39 is 16.1 Å². The maximum Gasteiger partial charge on any atom is 0.241 e. The van der Waals surface area contributed by atoms with Crippen molar-refractivity contribution in [2.24, 2.45) is 0 Å². The van der Waals surface area contributed by atoms with Gasteiger partial charge in [-0.2, -0.15) is 9.98 Å². The molecule has 0 radical (unpaired) electrons. The first-order valence-corrected chi connectivity index (χ1v) is 9.07. The van der Waals surface area contributed by atoms with Crippen molar-refractivity contribution in [2.45, 2.75) is 10.9 Å². The molecule has 0 aliphatic rings. The van der Waals surface area contributed by atoms with E-state index in [1.165, 1.54) is 12.1 Å². The molecule has 0 aliphatic heterocycles. The second-order valence-electron chi connectivity index (χ2n) is 5.36. The molecular formula is C19H15N3O2S. The molecule has 3 aromatic rings. The molecule has 2 aromatic carbocycles. The average Bonchev–Trinajstić information content (AvgIpc) is 2.67. The Bertz CT molecular complexity index is 958.